The van der Waals surface area contributed by atoms with Crippen LogP contribution in [0.4, 0.5) is 0 Å². The number of rotatable bonds is 4. The van der Waals surface area contributed by atoms with Gasteiger partial charge >= 0.3 is 0 Å². The molecule has 1 aromatic rings. The van der Waals surface area contributed by atoms with Gasteiger partial charge in [0.2, 0.25) is 0 Å². The van der Waals surface area contributed by atoms with E-state index in [1.807, 2.05) is 13.8 Å². The van der Waals surface area contributed by atoms with Gasteiger partial charge in [-0.1, -0.05) is 51.0 Å². The largest absolute Gasteiger partial charge is 0.300 e. The second-order valence-corrected chi connectivity index (χ2v) is 3.90. The van der Waals surface area contributed by atoms with Gasteiger partial charge in [0.25, 0.3) is 0 Å². The van der Waals surface area contributed by atoms with Gasteiger partial charge in [0.1, 0.15) is 5.78 Å². The molecule has 0 heterocycles. The van der Waals surface area contributed by atoms with Crippen molar-refractivity contribution in [2.24, 2.45) is 0 Å². The van der Waals surface area contributed by atoms with Crippen LogP contribution in [0.5, 0.6) is 0 Å². The highest BCUT2D eigenvalue weighted by molar-refractivity contribution is 5.78. The van der Waals surface area contributed by atoms with Crippen molar-refractivity contribution in [3.63, 3.8) is 0 Å². The van der Waals surface area contributed by atoms with Crippen LogP contribution in [0, 0.1) is 6.92 Å². The maximum Gasteiger partial charge on any atom is 0.134 e. The van der Waals surface area contributed by atoms with E-state index in [-0.39, 0.29) is 5.78 Å². The number of hydrogen-bond acceptors (Lipinski definition) is 1. The Morgan fingerprint density at radius 2 is 1.81 bits per heavy atom. The van der Waals surface area contributed by atoms with Crippen LogP contribution in [-0.2, 0) is 17.6 Å². The fourth-order valence-electron chi connectivity index (χ4n) is 1.70. The molecule has 0 saturated heterocycles. The summed E-state index contributed by atoms with van der Waals surface area (Å²) >= 11 is 0. The molecule has 90 valence electrons. The predicted octanol–water partition coefficient (Wildman–Crippen LogP) is 4.11. The molecule has 0 radical (unpaired) electrons. The fourth-order valence-corrected chi connectivity index (χ4v) is 1.70. The second kappa shape index (κ2) is 8.09. The number of ketones is 1. The molecule has 0 aliphatic carbocycles. The number of hydrogen-bond donors (Lipinski definition) is 0. The van der Waals surface area contributed by atoms with Gasteiger partial charge in [-0.2, -0.15) is 0 Å². The second-order valence-electron chi connectivity index (χ2n) is 3.90. The maximum atomic E-state index is 11.1. The lowest BCUT2D eigenvalue weighted by Gasteiger charge is -2.08. The van der Waals surface area contributed by atoms with Crippen LogP contribution in [0.25, 0.3) is 0 Å². The standard InChI is InChI=1S/C13H18O.C2H6/c1-4-5-12-7-6-10(2)8-13(12)9-11(3)14;1-2/h6-8H,4-5,9H2,1-3H3;1-2H3. The smallest absolute Gasteiger partial charge is 0.134 e. The van der Waals surface area contributed by atoms with E-state index >= 15 is 0 Å². The summed E-state index contributed by atoms with van der Waals surface area (Å²) in [6.45, 7) is 9.88. The summed E-state index contributed by atoms with van der Waals surface area (Å²) in [5.41, 5.74) is 3.77. The molecule has 1 nitrogen and oxygen atoms in total. The molecule has 0 atom stereocenters. The average molecular weight is 220 g/mol. The van der Waals surface area contributed by atoms with Gasteiger partial charge in [-0.15, -0.1) is 0 Å². The molecule has 1 rings (SSSR count). The van der Waals surface area contributed by atoms with E-state index in [2.05, 4.69) is 32.0 Å². The van der Waals surface area contributed by atoms with E-state index in [4.69, 9.17) is 0 Å². The van der Waals surface area contributed by atoms with Crippen LogP contribution in [0.15, 0.2) is 18.2 Å². The van der Waals surface area contributed by atoms with Gasteiger partial charge in [0, 0.05) is 6.42 Å². The Labute approximate surface area is 99.9 Å². The van der Waals surface area contributed by atoms with Gasteiger partial charge in [0.05, 0.1) is 0 Å². The number of Topliss-reactive ketones (excluding diaryl/α,β-unsaturated/α-hetero) is 1. The first-order chi connectivity index (χ1) is 7.63. The van der Waals surface area contributed by atoms with Crippen molar-refractivity contribution in [2.45, 2.75) is 53.9 Å². The fraction of sp³-hybridized carbons (Fsp3) is 0.533. The van der Waals surface area contributed by atoms with E-state index in [1.54, 1.807) is 6.92 Å². The van der Waals surface area contributed by atoms with Gasteiger partial charge < -0.3 is 0 Å². The van der Waals surface area contributed by atoms with Crippen LogP contribution >= 0.6 is 0 Å². The van der Waals surface area contributed by atoms with Crippen molar-refractivity contribution < 1.29 is 4.79 Å². The van der Waals surface area contributed by atoms with Gasteiger partial charge in [-0.25, -0.2) is 0 Å². The highest BCUT2D eigenvalue weighted by atomic mass is 16.1. The molecule has 0 fully saturated rings. The Balaban J connectivity index is 0.00000106. The minimum Gasteiger partial charge on any atom is -0.300 e. The SMILES string of the molecule is CC.CCCc1ccc(C)cc1CC(C)=O. The summed E-state index contributed by atoms with van der Waals surface area (Å²) in [6.07, 6.45) is 2.79. The highest BCUT2D eigenvalue weighted by Crippen LogP contribution is 2.14. The summed E-state index contributed by atoms with van der Waals surface area (Å²) in [4.78, 5) is 11.1. The van der Waals surface area contributed by atoms with Crippen LogP contribution in [0.2, 0.25) is 0 Å². The summed E-state index contributed by atoms with van der Waals surface area (Å²) in [5, 5.41) is 0. The Morgan fingerprint density at radius 1 is 1.19 bits per heavy atom. The van der Waals surface area contributed by atoms with Gasteiger partial charge in [-0.05, 0) is 31.4 Å². The highest BCUT2D eigenvalue weighted by Gasteiger charge is 2.04. The Kier molecular flexibility index (Phi) is 7.53. The van der Waals surface area contributed by atoms with Crippen molar-refractivity contribution in [2.75, 3.05) is 0 Å². The zero-order valence-corrected chi connectivity index (χ0v) is 11.3. The number of benzene rings is 1. The summed E-state index contributed by atoms with van der Waals surface area (Å²) in [5.74, 6) is 0.243. The first-order valence-electron chi connectivity index (χ1n) is 6.21. The molecular weight excluding hydrogens is 196 g/mol. The lowest BCUT2D eigenvalue weighted by atomic mass is 9.97. The van der Waals surface area contributed by atoms with Crippen LogP contribution in [0.1, 0.15) is 50.8 Å². The molecule has 0 aromatic heterocycles. The quantitative estimate of drug-likeness (QED) is 0.746. The predicted molar refractivity (Wildman–Crippen MR) is 70.9 cm³/mol. The molecule has 0 amide bonds. The third-order valence-electron chi connectivity index (χ3n) is 2.32. The Bertz CT molecular complexity index is 326. The zero-order chi connectivity index (χ0) is 12.6. The third-order valence-corrected chi connectivity index (χ3v) is 2.32. The minimum atomic E-state index is 0.243. The maximum absolute atomic E-state index is 11.1. The summed E-state index contributed by atoms with van der Waals surface area (Å²) in [6, 6.07) is 6.40. The van der Waals surface area contributed by atoms with Crippen molar-refractivity contribution >= 4 is 5.78 Å². The molecule has 0 spiro atoms. The van der Waals surface area contributed by atoms with Crippen molar-refractivity contribution in [1.29, 1.82) is 0 Å². The minimum absolute atomic E-state index is 0.243. The molecule has 16 heavy (non-hydrogen) atoms. The normalized spacial score (nSPS) is 9.31. The monoisotopic (exact) mass is 220 g/mol. The summed E-state index contributed by atoms with van der Waals surface area (Å²) in [7, 11) is 0. The Hall–Kier alpha value is -1.11. The van der Waals surface area contributed by atoms with E-state index in [1.165, 1.54) is 16.7 Å². The molecular formula is C15H24O. The van der Waals surface area contributed by atoms with Gasteiger partial charge in [-0.3, -0.25) is 4.79 Å². The lowest BCUT2D eigenvalue weighted by molar-refractivity contribution is -0.116. The van der Waals surface area contributed by atoms with E-state index in [9.17, 15) is 4.79 Å². The van der Waals surface area contributed by atoms with E-state index < -0.39 is 0 Å². The molecule has 0 N–H and O–H groups in total. The van der Waals surface area contributed by atoms with Crippen LogP contribution in [-0.4, -0.2) is 5.78 Å². The first kappa shape index (κ1) is 14.9. The van der Waals surface area contributed by atoms with Crippen molar-refractivity contribution in [1.82, 2.24) is 0 Å². The Morgan fingerprint density at radius 3 is 2.31 bits per heavy atom. The van der Waals surface area contributed by atoms with E-state index in [0.29, 0.717) is 6.42 Å². The number of carbonyl (C=O) groups is 1. The molecule has 0 aliphatic rings. The number of carbonyl (C=O) groups excluding carboxylic acids is 1. The summed E-state index contributed by atoms with van der Waals surface area (Å²) < 4.78 is 0. The molecule has 0 aliphatic heterocycles. The van der Waals surface area contributed by atoms with Gasteiger partial charge in [0.15, 0.2) is 0 Å². The number of aryl methyl sites for hydroxylation is 2. The topological polar surface area (TPSA) is 17.1 Å². The molecule has 0 saturated carbocycles. The first-order valence-corrected chi connectivity index (χ1v) is 6.21. The molecule has 0 bridgehead atoms. The zero-order valence-electron chi connectivity index (χ0n) is 11.3. The van der Waals surface area contributed by atoms with Crippen LogP contribution in [0.3, 0.4) is 0 Å². The van der Waals surface area contributed by atoms with Crippen molar-refractivity contribution in [3.05, 3.63) is 34.9 Å². The average Bonchev–Trinajstić information content (AvgIpc) is 2.24. The molecule has 0 unspecified atom stereocenters. The lowest BCUT2D eigenvalue weighted by Crippen LogP contribution is -2.01. The van der Waals surface area contributed by atoms with Crippen LogP contribution < -0.4 is 0 Å². The third kappa shape index (κ3) is 5.11. The van der Waals surface area contributed by atoms with E-state index in [0.717, 1.165) is 12.8 Å². The van der Waals surface area contributed by atoms with Crippen molar-refractivity contribution in [3.8, 4) is 0 Å². The molecule has 1 aromatic carbocycles. The molecule has 1 heteroatoms.